The minimum absolute atomic E-state index is 0.0246. The molecule has 1 saturated heterocycles. The van der Waals surface area contributed by atoms with Gasteiger partial charge in [0.05, 0.1) is 0 Å². The number of nitrogen functional groups attached to an aromatic ring is 1. The predicted octanol–water partition coefficient (Wildman–Crippen LogP) is 1.27. The molecule has 2 aliphatic rings. The van der Waals surface area contributed by atoms with E-state index in [1.54, 1.807) is 12.1 Å². The second kappa shape index (κ2) is 5.39. The highest BCUT2D eigenvalue weighted by Gasteiger charge is 2.35. The molecule has 112 valence electrons. The molecule has 5 nitrogen and oxygen atoms in total. The number of nitrogens with zero attached hydrogens (tertiary/aromatic N) is 2. The van der Waals surface area contributed by atoms with Crippen molar-refractivity contribution >= 4 is 17.5 Å². The van der Waals surface area contributed by atoms with Crippen molar-refractivity contribution in [3.8, 4) is 0 Å². The van der Waals surface area contributed by atoms with E-state index in [2.05, 4.69) is 0 Å². The molecule has 2 fully saturated rings. The van der Waals surface area contributed by atoms with E-state index in [1.165, 1.54) is 0 Å². The number of rotatable bonds is 2. The van der Waals surface area contributed by atoms with Crippen LogP contribution < -0.4 is 5.73 Å². The van der Waals surface area contributed by atoms with Gasteiger partial charge in [-0.3, -0.25) is 9.59 Å². The average Bonchev–Trinajstić information content (AvgIpc) is 3.33. The molecule has 21 heavy (non-hydrogen) atoms. The van der Waals surface area contributed by atoms with Crippen LogP contribution in [0.15, 0.2) is 18.2 Å². The average molecular weight is 287 g/mol. The summed E-state index contributed by atoms with van der Waals surface area (Å²) in [5, 5.41) is 0. The maximum absolute atomic E-state index is 12.5. The second-order valence-electron chi connectivity index (χ2n) is 5.96. The number of piperazine rings is 1. The zero-order chi connectivity index (χ0) is 15.0. The summed E-state index contributed by atoms with van der Waals surface area (Å²) in [6, 6.07) is 5.38. The van der Waals surface area contributed by atoms with Gasteiger partial charge in [0.1, 0.15) is 0 Å². The number of amides is 2. The van der Waals surface area contributed by atoms with Gasteiger partial charge in [0.15, 0.2) is 0 Å². The quantitative estimate of drug-likeness (QED) is 0.833. The summed E-state index contributed by atoms with van der Waals surface area (Å²) in [5.74, 6) is 0.550. The Bertz CT molecular complexity index is 573. The lowest BCUT2D eigenvalue weighted by Crippen LogP contribution is -2.51. The first-order chi connectivity index (χ1) is 10.1. The molecule has 1 aromatic rings. The molecule has 3 rings (SSSR count). The van der Waals surface area contributed by atoms with Crippen LogP contribution in [0.4, 0.5) is 5.69 Å². The largest absolute Gasteiger partial charge is 0.399 e. The molecule has 1 saturated carbocycles. The van der Waals surface area contributed by atoms with Crippen LogP contribution >= 0.6 is 0 Å². The van der Waals surface area contributed by atoms with Gasteiger partial charge < -0.3 is 15.5 Å². The second-order valence-corrected chi connectivity index (χ2v) is 5.96. The lowest BCUT2D eigenvalue weighted by atomic mass is 10.1. The van der Waals surface area contributed by atoms with E-state index in [0.717, 1.165) is 18.4 Å². The fraction of sp³-hybridized carbons (Fsp3) is 0.500. The molecule has 0 unspecified atom stereocenters. The van der Waals surface area contributed by atoms with E-state index >= 15 is 0 Å². The van der Waals surface area contributed by atoms with Gasteiger partial charge in [0.2, 0.25) is 5.91 Å². The van der Waals surface area contributed by atoms with Gasteiger partial charge in [0.25, 0.3) is 5.91 Å². The lowest BCUT2D eigenvalue weighted by Gasteiger charge is -2.35. The van der Waals surface area contributed by atoms with Crippen LogP contribution in [0, 0.1) is 12.8 Å². The van der Waals surface area contributed by atoms with Crippen LogP contribution in [-0.4, -0.2) is 47.8 Å². The van der Waals surface area contributed by atoms with Gasteiger partial charge in [-0.15, -0.1) is 0 Å². The Kier molecular flexibility index (Phi) is 3.57. The Morgan fingerprint density at radius 3 is 2.29 bits per heavy atom. The molecule has 1 aromatic carbocycles. The third-order valence-corrected chi connectivity index (χ3v) is 4.32. The van der Waals surface area contributed by atoms with Crippen LogP contribution in [0.3, 0.4) is 0 Å². The molecule has 2 amide bonds. The van der Waals surface area contributed by atoms with Crippen molar-refractivity contribution in [2.45, 2.75) is 19.8 Å². The Morgan fingerprint density at radius 1 is 1.10 bits per heavy atom. The third-order valence-electron chi connectivity index (χ3n) is 4.32. The molecule has 0 bridgehead atoms. The first-order valence-corrected chi connectivity index (χ1v) is 7.50. The van der Waals surface area contributed by atoms with Gasteiger partial charge in [-0.25, -0.2) is 0 Å². The maximum Gasteiger partial charge on any atom is 0.253 e. The minimum Gasteiger partial charge on any atom is -0.399 e. The molecule has 0 spiro atoms. The molecule has 1 heterocycles. The van der Waals surface area contributed by atoms with Crippen LogP contribution in [0.5, 0.6) is 0 Å². The van der Waals surface area contributed by atoms with Crippen molar-refractivity contribution in [3.05, 3.63) is 29.3 Å². The Hall–Kier alpha value is -2.04. The van der Waals surface area contributed by atoms with Gasteiger partial charge in [-0.2, -0.15) is 0 Å². The summed E-state index contributed by atoms with van der Waals surface area (Å²) in [6.07, 6.45) is 2.06. The standard InChI is InChI=1S/C16H21N3O2/c1-11-10-13(4-5-14(11)17)16(21)19-8-6-18(7-9-19)15(20)12-2-3-12/h4-5,10,12H,2-3,6-9,17H2,1H3. The van der Waals surface area contributed by atoms with E-state index in [4.69, 9.17) is 5.73 Å². The first kappa shape index (κ1) is 13.9. The highest BCUT2D eigenvalue weighted by molar-refractivity contribution is 5.95. The van der Waals surface area contributed by atoms with E-state index in [9.17, 15) is 9.59 Å². The molecule has 0 radical (unpaired) electrons. The summed E-state index contributed by atoms with van der Waals surface area (Å²) >= 11 is 0. The minimum atomic E-state index is 0.0246. The number of hydrogen-bond acceptors (Lipinski definition) is 3. The normalized spacial score (nSPS) is 18.7. The molecule has 0 aromatic heterocycles. The number of benzene rings is 1. The van der Waals surface area contributed by atoms with Crippen molar-refractivity contribution < 1.29 is 9.59 Å². The van der Waals surface area contributed by atoms with Crippen LogP contribution in [0.2, 0.25) is 0 Å². The van der Waals surface area contributed by atoms with Crippen molar-refractivity contribution in [2.75, 3.05) is 31.9 Å². The zero-order valence-electron chi connectivity index (χ0n) is 12.3. The predicted molar refractivity (Wildman–Crippen MR) is 80.8 cm³/mol. The topological polar surface area (TPSA) is 66.6 Å². The zero-order valence-corrected chi connectivity index (χ0v) is 12.3. The number of nitrogens with two attached hydrogens (primary N) is 1. The number of carbonyl (C=O) groups excluding carboxylic acids is 2. The van der Waals surface area contributed by atoms with Crippen LogP contribution in [-0.2, 0) is 4.79 Å². The molecular formula is C16H21N3O2. The number of carbonyl (C=O) groups is 2. The summed E-state index contributed by atoms with van der Waals surface area (Å²) < 4.78 is 0. The third kappa shape index (κ3) is 2.86. The number of aryl methyl sites for hydroxylation is 1. The molecular weight excluding hydrogens is 266 g/mol. The van der Waals surface area contributed by atoms with Gasteiger partial charge in [0, 0.05) is 43.3 Å². The summed E-state index contributed by atoms with van der Waals surface area (Å²) in [7, 11) is 0. The summed E-state index contributed by atoms with van der Waals surface area (Å²) in [6.45, 7) is 4.42. The Labute approximate surface area is 124 Å². The van der Waals surface area contributed by atoms with E-state index in [-0.39, 0.29) is 17.7 Å². The van der Waals surface area contributed by atoms with Gasteiger partial charge in [-0.1, -0.05) is 0 Å². The fourth-order valence-electron chi connectivity index (χ4n) is 2.71. The number of hydrogen-bond donors (Lipinski definition) is 1. The van der Waals surface area contributed by atoms with E-state index < -0.39 is 0 Å². The lowest BCUT2D eigenvalue weighted by molar-refractivity contribution is -0.134. The van der Waals surface area contributed by atoms with E-state index in [1.807, 2.05) is 22.8 Å². The monoisotopic (exact) mass is 287 g/mol. The molecule has 1 aliphatic carbocycles. The summed E-state index contributed by atoms with van der Waals surface area (Å²) in [5.41, 5.74) is 8.07. The molecule has 0 atom stereocenters. The van der Waals surface area contributed by atoms with Crippen molar-refractivity contribution in [2.24, 2.45) is 5.92 Å². The fourth-order valence-corrected chi connectivity index (χ4v) is 2.71. The summed E-state index contributed by atoms with van der Waals surface area (Å²) in [4.78, 5) is 28.2. The van der Waals surface area contributed by atoms with Crippen molar-refractivity contribution in [1.82, 2.24) is 9.80 Å². The Morgan fingerprint density at radius 2 is 1.71 bits per heavy atom. The highest BCUT2D eigenvalue weighted by atomic mass is 16.2. The van der Waals surface area contributed by atoms with Gasteiger partial charge in [-0.05, 0) is 43.5 Å². The molecule has 2 N–H and O–H groups in total. The first-order valence-electron chi connectivity index (χ1n) is 7.50. The van der Waals surface area contributed by atoms with Crippen LogP contribution in [0.25, 0.3) is 0 Å². The van der Waals surface area contributed by atoms with Crippen molar-refractivity contribution in [1.29, 1.82) is 0 Å². The number of anilines is 1. The van der Waals surface area contributed by atoms with Crippen molar-refractivity contribution in [3.63, 3.8) is 0 Å². The van der Waals surface area contributed by atoms with E-state index in [0.29, 0.717) is 37.4 Å². The van der Waals surface area contributed by atoms with Crippen LogP contribution in [0.1, 0.15) is 28.8 Å². The highest BCUT2D eigenvalue weighted by Crippen LogP contribution is 2.31. The SMILES string of the molecule is Cc1cc(C(=O)N2CCN(C(=O)C3CC3)CC2)ccc1N. The molecule has 1 aliphatic heterocycles. The maximum atomic E-state index is 12.5. The Balaban J connectivity index is 1.61. The smallest absolute Gasteiger partial charge is 0.253 e. The molecule has 5 heteroatoms. The van der Waals surface area contributed by atoms with Gasteiger partial charge >= 0.3 is 0 Å².